The Bertz CT molecular complexity index is 511. The number of halogens is 1. The first-order chi connectivity index (χ1) is 6.72. The zero-order chi connectivity index (χ0) is 10.1. The van der Waals surface area contributed by atoms with Gasteiger partial charge in [-0.15, -0.1) is 0 Å². The second kappa shape index (κ2) is 3.27. The summed E-state index contributed by atoms with van der Waals surface area (Å²) >= 11 is 5.89. The van der Waals surface area contributed by atoms with Gasteiger partial charge in [0.1, 0.15) is 5.75 Å². The molecule has 0 spiro atoms. The van der Waals surface area contributed by atoms with Crippen LogP contribution < -0.4 is 0 Å². The summed E-state index contributed by atoms with van der Waals surface area (Å²) in [6.45, 7) is 0. The third-order valence-corrected chi connectivity index (χ3v) is 2.29. The van der Waals surface area contributed by atoms with Crippen LogP contribution in [0.1, 0.15) is 10.4 Å². The van der Waals surface area contributed by atoms with Gasteiger partial charge >= 0.3 is 0 Å². The fraction of sp³-hybridized carbons (Fsp3) is 0. The summed E-state index contributed by atoms with van der Waals surface area (Å²) in [5.74, 6) is -0.0811. The molecule has 0 unspecified atom stereocenters. The Balaban J connectivity index is 2.85. The summed E-state index contributed by atoms with van der Waals surface area (Å²) in [4.78, 5) is 14.6. The molecule has 14 heavy (non-hydrogen) atoms. The number of aldehydes is 1. The van der Waals surface area contributed by atoms with Crippen LogP contribution in [0.15, 0.2) is 24.4 Å². The first-order valence-electron chi connectivity index (χ1n) is 3.95. The molecule has 1 heterocycles. The highest BCUT2D eigenvalue weighted by Crippen LogP contribution is 2.27. The zero-order valence-electron chi connectivity index (χ0n) is 7.07. The third kappa shape index (κ3) is 1.32. The van der Waals surface area contributed by atoms with E-state index in [1.807, 2.05) is 0 Å². The van der Waals surface area contributed by atoms with Gasteiger partial charge in [0.25, 0.3) is 0 Å². The van der Waals surface area contributed by atoms with Gasteiger partial charge in [0.2, 0.25) is 0 Å². The van der Waals surface area contributed by atoms with Crippen LogP contribution in [0.4, 0.5) is 0 Å². The normalized spacial score (nSPS) is 10.4. The van der Waals surface area contributed by atoms with Crippen LogP contribution in [0.3, 0.4) is 0 Å². The molecule has 1 aromatic carbocycles. The van der Waals surface area contributed by atoms with E-state index in [4.69, 9.17) is 11.6 Å². The Morgan fingerprint density at radius 2 is 2.21 bits per heavy atom. The Hall–Kier alpha value is -1.61. The summed E-state index contributed by atoms with van der Waals surface area (Å²) in [5.41, 5.74) is 0.810. The highest BCUT2D eigenvalue weighted by atomic mass is 35.5. The van der Waals surface area contributed by atoms with Crippen molar-refractivity contribution >= 4 is 28.8 Å². The van der Waals surface area contributed by atoms with Gasteiger partial charge < -0.3 is 5.11 Å². The van der Waals surface area contributed by atoms with E-state index in [1.165, 1.54) is 12.1 Å². The molecule has 0 aliphatic carbocycles. The fourth-order valence-electron chi connectivity index (χ4n) is 1.26. The summed E-state index contributed by atoms with van der Waals surface area (Å²) in [6, 6.07) is 4.57. The topological polar surface area (TPSA) is 50.2 Å². The molecule has 3 nitrogen and oxygen atoms in total. The Morgan fingerprint density at radius 1 is 1.43 bits per heavy atom. The number of fused-ring (bicyclic) bond motifs is 1. The minimum atomic E-state index is -0.0811. The van der Waals surface area contributed by atoms with E-state index in [-0.39, 0.29) is 11.3 Å². The Labute approximate surface area is 85.0 Å². The number of aromatic hydroxyl groups is 1. The minimum Gasteiger partial charge on any atom is -0.507 e. The molecule has 0 atom stereocenters. The second-order valence-electron chi connectivity index (χ2n) is 2.84. The largest absolute Gasteiger partial charge is 0.507 e. The van der Waals surface area contributed by atoms with Crippen molar-refractivity contribution in [2.75, 3.05) is 0 Å². The first-order valence-corrected chi connectivity index (χ1v) is 4.32. The van der Waals surface area contributed by atoms with Crippen molar-refractivity contribution in [2.45, 2.75) is 0 Å². The maximum absolute atomic E-state index is 10.5. The van der Waals surface area contributed by atoms with Gasteiger partial charge in [0.05, 0.1) is 16.1 Å². The molecule has 0 bridgehead atoms. The predicted octanol–water partition coefficient (Wildman–Crippen LogP) is 2.41. The third-order valence-electron chi connectivity index (χ3n) is 1.96. The Kier molecular flexibility index (Phi) is 2.09. The number of rotatable bonds is 1. The van der Waals surface area contributed by atoms with Crippen LogP contribution in [0, 0.1) is 0 Å². The number of hydrogen-bond donors (Lipinski definition) is 1. The van der Waals surface area contributed by atoms with E-state index >= 15 is 0 Å². The SMILES string of the molecule is O=Cc1cc2nccc(Cl)c2cc1O. The molecule has 0 aliphatic heterocycles. The molecular weight excluding hydrogens is 202 g/mol. The molecule has 2 aromatic rings. The number of aromatic nitrogens is 1. The molecule has 1 N–H and O–H groups in total. The fourth-order valence-corrected chi connectivity index (χ4v) is 1.47. The van der Waals surface area contributed by atoms with Crippen molar-refractivity contribution < 1.29 is 9.90 Å². The van der Waals surface area contributed by atoms with Crippen LogP contribution in [0.2, 0.25) is 5.02 Å². The van der Waals surface area contributed by atoms with Crippen molar-refractivity contribution in [2.24, 2.45) is 0 Å². The summed E-state index contributed by atoms with van der Waals surface area (Å²) in [6.07, 6.45) is 2.13. The maximum Gasteiger partial charge on any atom is 0.153 e. The molecule has 0 aliphatic rings. The molecule has 0 saturated heterocycles. The highest BCUT2D eigenvalue weighted by molar-refractivity contribution is 6.35. The molecule has 1 aromatic heterocycles. The van der Waals surface area contributed by atoms with E-state index in [0.717, 1.165) is 0 Å². The quantitative estimate of drug-likeness (QED) is 0.731. The lowest BCUT2D eigenvalue weighted by molar-refractivity contribution is 0.112. The Morgan fingerprint density at radius 3 is 2.93 bits per heavy atom. The first kappa shape index (κ1) is 8.97. The van der Waals surface area contributed by atoms with Gasteiger partial charge in [0.15, 0.2) is 6.29 Å². The van der Waals surface area contributed by atoms with Gasteiger partial charge in [-0.05, 0) is 18.2 Å². The average Bonchev–Trinajstić information content (AvgIpc) is 2.19. The number of benzene rings is 1. The van der Waals surface area contributed by atoms with Crippen molar-refractivity contribution in [3.8, 4) is 5.75 Å². The van der Waals surface area contributed by atoms with Crippen LogP contribution in [-0.4, -0.2) is 16.4 Å². The van der Waals surface area contributed by atoms with Crippen LogP contribution in [0.25, 0.3) is 10.9 Å². The number of carbonyl (C=O) groups is 1. The van der Waals surface area contributed by atoms with Gasteiger partial charge in [-0.1, -0.05) is 11.6 Å². The van der Waals surface area contributed by atoms with Crippen LogP contribution in [-0.2, 0) is 0 Å². The monoisotopic (exact) mass is 207 g/mol. The standard InChI is InChI=1S/C10H6ClNO2/c11-8-1-2-12-9-3-6(5-13)10(14)4-7(8)9/h1-5,14H. The maximum atomic E-state index is 10.5. The molecule has 0 amide bonds. The van der Waals surface area contributed by atoms with Crippen molar-refractivity contribution in [1.82, 2.24) is 4.98 Å². The predicted molar refractivity (Wildman–Crippen MR) is 53.8 cm³/mol. The highest BCUT2D eigenvalue weighted by Gasteiger charge is 2.05. The number of carbonyl (C=O) groups excluding carboxylic acids is 1. The number of phenols is 1. The molecular formula is C10H6ClNO2. The lowest BCUT2D eigenvalue weighted by Crippen LogP contribution is -1.85. The lowest BCUT2D eigenvalue weighted by Gasteiger charge is -2.02. The molecule has 0 saturated carbocycles. The van der Waals surface area contributed by atoms with Crippen molar-refractivity contribution in [3.63, 3.8) is 0 Å². The average molecular weight is 208 g/mol. The van der Waals surface area contributed by atoms with E-state index in [1.54, 1.807) is 12.3 Å². The van der Waals surface area contributed by atoms with E-state index < -0.39 is 0 Å². The van der Waals surface area contributed by atoms with Crippen LogP contribution >= 0.6 is 11.6 Å². The smallest absolute Gasteiger partial charge is 0.153 e. The van der Waals surface area contributed by atoms with E-state index in [0.29, 0.717) is 22.2 Å². The van der Waals surface area contributed by atoms with E-state index in [9.17, 15) is 9.90 Å². The van der Waals surface area contributed by atoms with Gasteiger partial charge in [-0.3, -0.25) is 9.78 Å². The van der Waals surface area contributed by atoms with Crippen LogP contribution in [0.5, 0.6) is 5.75 Å². The number of phenolic OH excluding ortho intramolecular Hbond substituents is 1. The van der Waals surface area contributed by atoms with E-state index in [2.05, 4.69) is 4.98 Å². The molecule has 4 heteroatoms. The van der Waals surface area contributed by atoms with Crippen molar-refractivity contribution in [3.05, 3.63) is 35.0 Å². The van der Waals surface area contributed by atoms with Crippen molar-refractivity contribution in [1.29, 1.82) is 0 Å². The van der Waals surface area contributed by atoms with Gasteiger partial charge in [-0.2, -0.15) is 0 Å². The minimum absolute atomic E-state index is 0.0811. The molecule has 70 valence electrons. The van der Waals surface area contributed by atoms with Gasteiger partial charge in [-0.25, -0.2) is 0 Å². The second-order valence-corrected chi connectivity index (χ2v) is 3.25. The summed E-state index contributed by atoms with van der Waals surface area (Å²) < 4.78 is 0. The molecule has 2 rings (SSSR count). The summed E-state index contributed by atoms with van der Waals surface area (Å²) in [7, 11) is 0. The number of nitrogens with zero attached hydrogens (tertiary/aromatic N) is 1. The van der Waals surface area contributed by atoms with Gasteiger partial charge in [0, 0.05) is 11.6 Å². The molecule has 0 fully saturated rings. The molecule has 0 radical (unpaired) electrons. The number of pyridine rings is 1. The zero-order valence-corrected chi connectivity index (χ0v) is 7.82. The lowest BCUT2D eigenvalue weighted by atomic mass is 10.1. The summed E-state index contributed by atoms with van der Waals surface area (Å²) in [5, 5.41) is 10.6. The number of hydrogen-bond acceptors (Lipinski definition) is 3.